The average molecular weight is 436 g/mol. The van der Waals surface area contributed by atoms with Gasteiger partial charge in [-0.25, -0.2) is 14.6 Å². The molecule has 32 heavy (non-hydrogen) atoms. The van der Waals surface area contributed by atoms with E-state index in [1.165, 1.54) is 14.2 Å². The monoisotopic (exact) mass is 435 g/mol. The number of imidazole rings is 1. The number of esters is 2. The summed E-state index contributed by atoms with van der Waals surface area (Å²) in [5, 5.41) is 3.35. The highest BCUT2D eigenvalue weighted by atomic mass is 16.5. The summed E-state index contributed by atoms with van der Waals surface area (Å²) in [7, 11) is 2.75. The highest BCUT2D eigenvalue weighted by Gasteiger charge is 2.14. The number of carbonyl (C=O) groups is 2. The molecule has 0 amide bonds. The molecule has 0 spiro atoms. The minimum Gasteiger partial charge on any atom is -0.465 e. The number of benzene rings is 2. The SMILES string of the molecule is CCCCc1ncc(CNc2ccccc2C(=O)OC)n1Cc1ccc(C(=O)OC)cc1. The van der Waals surface area contributed by atoms with E-state index in [0.717, 1.165) is 36.3 Å². The Hall–Kier alpha value is -3.61. The number of hydrogen-bond donors (Lipinski definition) is 1. The Morgan fingerprint density at radius 1 is 1.00 bits per heavy atom. The highest BCUT2D eigenvalue weighted by molar-refractivity contribution is 5.95. The van der Waals surface area contributed by atoms with Gasteiger partial charge in [-0.2, -0.15) is 0 Å². The van der Waals surface area contributed by atoms with Gasteiger partial charge in [0.25, 0.3) is 0 Å². The van der Waals surface area contributed by atoms with Crippen LogP contribution in [0.5, 0.6) is 0 Å². The molecule has 0 saturated heterocycles. The Morgan fingerprint density at radius 2 is 1.72 bits per heavy atom. The Bertz CT molecular complexity index is 1060. The number of carbonyl (C=O) groups excluding carboxylic acids is 2. The second-order valence-electron chi connectivity index (χ2n) is 7.43. The molecular weight excluding hydrogens is 406 g/mol. The summed E-state index contributed by atoms with van der Waals surface area (Å²) in [6, 6.07) is 14.7. The normalized spacial score (nSPS) is 10.6. The first kappa shape index (κ1) is 23.1. The molecular formula is C25H29N3O4. The Balaban J connectivity index is 1.82. The van der Waals surface area contributed by atoms with Crippen molar-refractivity contribution in [2.75, 3.05) is 19.5 Å². The van der Waals surface area contributed by atoms with E-state index in [2.05, 4.69) is 21.8 Å². The molecule has 3 rings (SSSR count). The summed E-state index contributed by atoms with van der Waals surface area (Å²) in [4.78, 5) is 28.4. The molecule has 1 N–H and O–H groups in total. The number of rotatable bonds is 10. The minimum absolute atomic E-state index is 0.350. The van der Waals surface area contributed by atoms with Crippen LogP contribution >= 0.6 is 0 Å². The highest BCUT2D eigenvalue weighted by Crippen LogP contribution is 2.19. The van der Waals surface area contributed by atoms with Gasteiger partial charge in [-0.05, 0) is 36.2 Å². The van der Waals surface area contributed by atoms with Crippen molar-refractivity contribution in [1.82, 2.24) is 9.55 Å². The van der Waals surface area contributed by atoms with Gasteiger partial charge in [0.15, 0.2) is 0 Å². The van der Waals surface area contributed by atoms with E-state index < -0.39 is 0 Å². The fraction of sp³-hybridized carbons (Fsp3) is 0.320. The van der Waals surface area contributed by atoms with E-state index in [4.69, 9.17) is 9.47 Å². The molecule has 0 aliphatic carbocycles. The average Bonchev–Trinajstić information content (AvgIpc) is 3.22. The number of anilines is 1. The number of unbranched alkanes of at least 4 members (excludes halogenated alkanes) is 1. The van der Waals surface area contributed by atoms with Crippen LogP contribution in [0.25, 0.3) is 0 Å². The lowest BCUT2D eigenvalue weighted by atomic mass is 10.1. The summed E-state index contributed by atoms with van der Waals surface area (Å²) in [6.45, 7) is 3.30. The first-order valence-electron chi connectivity index (χ1n) is 10.7. The zero-order chi connectivity index (χ0) is 22.9. The van der Waals surface area contributed by atoms with Gasteiger partial charge in [-0.1, -0.05) is 37.6 Å². The fourth-order valence-electron chi connectivity index (χ4n) is 3.48. The largest absolute Gasteiger partial charge is 0.465 e. The molecule has 1 heterocycles. The van der Waals surface area contributed by atoms with Crippen LogP contribution in [0.1, 0.15) is 57.6 Å². The molecule has 2 aromatic carbocycles. The molecule has 7 nitrogen and oxygen atoms in total. The first-order valence-corrected chi connectivity index (χ1v) is 10.7. The molecule has 0 atom stereocenters. The van der Waals surface area contributed by atoms with Crippen molar-refractivity contribution < 1.29 is 19.1 Å². The van der Waals surface area contributed by atoms with Crippen molar-refractivity contribution in [2.45, 2.75) is 39.3 Å². The van der Waals surface area contributed by atoms with Crippen molar-refractivity contribution in [2.24, 2.45) is 0 Å². The fourth-order valence-corrected chi connectivity index (χ4v) is 3.48. The van der Waals surface area contributed by atoms with E-state index in [1.807, 2.05) is 36.5 Å². The number of aromatic nitrogens is 2. The molecule has 168 valence electrons. The number of methoxy groups -OCH3 is 2. The maximum Gasteiger partial charge on any atom is 0.339 e. The summed E-state index contributed by atoms with van der Waals surface area (Å²) in [5.74, 6) is 0.287. The third-order valence-electron chi connectivity index (χ3n) is 5.28. The molecule has 0 unspecified atom stereocenters. The molecule has 0 radical (unpaired) electrons. The van der Waals surface area contributed by atoms with Gasteiger partial charge in [0.1, 0.15) is 5.82 Å². The van der Waals surface area contributed by atoms with Gasteiger partial charge in [0.05, 0.1) is 43.8 Å². The van der Waals surface area contributed by atoms with Crippen LogP contribution in [0, 0.1) is 0 Å². The maximum atomic E-state index is 12.1. The zero-order valence-corrected chi connectivity index (χ0v) is 18.8. The quantitative estimate of drug-likeness (QED) is 0.474. The van der Waals surface area contributed by atoms with E-state index in [-0.39, 0.29) is 11.9 Å². The molecule has 0 aliphatic heterocycles. The summed E-state index contributed by atoms with van der Waals surface area (Å²) < 4.78 is 11.9. The summed E-state index contributed by atoms with van der Waals surface area (Å²) in [5.41, 5.74) is 3.79. The van der Waals surface area contributed by atoms with Crippen LogP contribution in [-0.2, 0) is 29.0 Å². The van der Waals surface area contributed by atoms with E-state index >= 15 is 0 Å². The number of ether oxygens (including phenoxy) is 2. The van der Waals surface area contributed by atoms with Crippen LogP contribution in [-0.4, -0.2) is 35.7 Å². The van der Waals surface area contributed by atoms with Gasteiger partial charge in [0, 0.05) is 18.7 Å². The number of nitrogens with one attached hydrogen (secondary N) is 1. The van der Waals surface area contributed by atoms with Crippen LogP contribution in [0.4, 0.5) is 5.69 Å². The smallest absolute Gasteiger partial charge is 0.339 e. The van der Waals surface area contributed by atoms with Crippen LogP contribution in [0.15, 0.2) is 54.7 Å². The van der Waals surface area contributed by atoms with Gasteiger partial charge in [0.2, 0.25) is 0 Å². The van der Waals surface area contributed by atoms with Gasteiger partial charge >= 0.3 is 11.9 Å². The molecule has 3 aromatic rings. The lowest BCUT2D eigenvalue weighted by molar-refractivity contribution is 0.0592. The second kappa shape index (κ2) is 11.1. The minimum atomic E-state index is -0.379. The first-order chi connectivity index (χ1) is 15.6. The number of hydrogen-bond acceptors (Lipinski definition) is 6. The van der Waals surface area contributed by atoms with Crippen LogP contribution < -0.4 is 5.32 Å². The third kappa shape index (κ3) is 5.55. The van der Waals surface area contributed by atoms with E-state index in [1.54, 1.807) is 18.2 Å². The molecule has 0 bridgehead atoms. The van der Waals surface area contributed by atoms with E-state index in [9.17, 15) is 9.59 Å². The lowest BCUT2D eigenvalue weighted by Gasteiger charge is -2.15. The number of nitrogens with zero attached hydrogens (tertiary/aromatic N) is 2. The number of aryl methyl sites for hydroxylation is 1. The Labute approximate surface area is 188 Å². The standard InChI is InChI=1S/C25H29N3O4/c1-4-5-10-23-27-16-20(15-26-22-9-7-6-8-21(22)25(30)32-3)28(23)17-18-11-13-19(14-12-18)24(29)31-2/h6-9,11-14,16,26H,4-5,10,15,17H2,1-3H3. The molecule has 0 saturated carbocycles. The van der Waals surface area contributed by atoms with Crippen molar-refractivity contribution in [3.05, 3.63) is 82.9 Å². The molecule has 7 heteroatoms. The zero-order valence-electron chi connectivity index (χ0n) is 18.8. The predicted molar refractivity (Wildman–Crippen MR) is 123 cm³/mol. The van der Waals surface area contributed by atoms with Crippen molar-refractivity contribution in [3.63, 3.8) is 0 Å². The van der Waals surface area contributed by atoms with Crippen molar-refractivity contribution >= 4 is 17.6 Å². The Kier molecular flexibility index (Phi) is 8.02. The predicted octanol–water partition coefficient (Wildman–Crippen LogP) is 4.46. The topological polar surface area (TPSA) is 82.5 Å². The molecule has 0 fully saturated rings. The number of para-hydroxylation sites is 1. The second-order valence-corrected chi connectivity index (χ2v) is 7.43. The lowest BCUT2D eigenvalue weighted by Crippen LogP contribution is -2.13. The van der Waals surface area contributed by atoms with E-state index in [0.29, 0.717) is 29.9 Å². The van der Waals surface area contributed by atoms with Crippen LogP contribution in [0.2, 0.25) is 0 Å². The van der Waals surface area contributed by atoms with Gasteiger partial charge < -0.3 is 19.4 Å². The maximum absolute atomic E-state index is 12.1. The van der Waals surface area contributed by atoms with Crippen molar-refractivity contribution in [3.8, 4) is 0 Å². The van der Waals surface area contributed by atoms with Crippen molar-refractivity contribution in [1.29, 1.82) is 0 Å². The summed E-state index contributed by atoms with van der Waals surface area (Å²) >= 11 is 0. The van der Waals surface area contributed by atoms with Gasteiger partial charge in [-0.15, -0.1) is 0 Å². The Morgan fingerprint density at radius 3 is 2.41 bits per heavy atom. The van der Waals surface area contributed by atoms with Gasteiger partial charge in [-0.3, -0.25) is 0 Å². The molecule has 1 aromatic heterocycles. The molecule has 0 aliphatic rings. The third-order valence-corrected chi connectivity index (χ3v) is 5.28. The van der Waals surface area contributed by atoms with Crippen LogP contribution in [0.3, 0.4) is 0 Å². The summed E-state index contributed by atoms with van der Waals surface area (Å²) in [6.07, 6.45) is 4.90.